The van der Waals surface area contributed by atoms with Crippen LogP contribution in [0.3, 0.4) is 0 Å². The van der Waals surface area contributed by atoms with Crippen LogP contribution in [0.1, 0.15) is 0 Å². The molecular weight excluding hydrogens is 211 g/mol. The van der Waals surface area contributed by atoms with Gasteiger partial charge in [0.05, 0.1) is 17.6 Å². The first-order valence-corrected chi connectivity index (χ1v) is 4.43. The number of benzene rings is 1. The largest absolute Gasteiger partial charge is 0.397 e. The quantitative estimate of drug-likeness (QED) is 0.533. The Morgan fingerprint density at radius 3 is 2.69 bits per heavy atom. The minimum atomic E-state index is -0.678. The van der Waals surface area contributed by atoms with Crippen LogP contribution in [0.15, 0.2) is 34.6 Å². The zero-order valence-corrected chi connectivity index (χ0v) is 8.18. The van der Waals surface area contributed by atoms with Crippen LogP contribution in [0.2, 0.25) is 0 Å². The van der Waals surface area contributed by atoms with Crippen LogP contribution in [0.25, 0.3) is 0 Å². The molecule has 0 unspecified atom stereocenters. The van der Waals surface area contributed by atoms with E-state index in [4.69, 9.17) is 11.5 Å². The smallest absolute Gasteiger partial charge is 0.175 e. The first-order chi connectivity index (χ1) is 7.68. The van der Waals surface area contributed by atoms with E-state index >= 15 is 0 Å². The summed E-state index contributed by atoms with van der Waals surface area (Å²) in [6, 6.07) is 4.47. The minimum absolute atomic E-state index is 0.0290. The lowest BCUT2D eigenvalue weighted by Gasteiger charge is -2.02. The Hall–Kier alpha value is -2.44. The van der Waals surface area contributed by atoms with Crippen molar-refractivity contribution in [3.8, 4) is 0 Å². The maximum absolute atomic E-state index is 13.5. The number of nitrogens with two attached hydrogens (primary N) is 2. The fraction of sp³-hybridized carbons (Fsp3) is 0. The van der Waals surface area contributed by atoms with Crippen molar-refractivity contribution in [3.63, 3.8) is 0 Å². The van der Waals surface area contributed by atoms with Gasteiger partial charge in [-0.05, 0) is 12.1 Å². The lowest BCUT2D eigenvalue weighted by atomic mass is 10.2. The molecule has 0 spiro atoms. The molecular formula is C9H9FN6. The molecule has 0 radical (unpaired) electrons. The molecule has 0 atom stereocenters. The summed E-state index contributed by atoms with van der Waals surface area (Å²) in [4.78, 5) is 0. The third-order valence-corrected chi connectivity index (χ3v) is 1.94. The predicted octanol–water partition coefficient (Wildman–Crippen LogP) is 2.13. The Morgan fingerprint density at radius 1 is 1.19 bits per heavy atom. The highest BCUT2D eigenvalue weighted by Gasteiger charge is 2.08. The second-order valence-electron chi connectivity index (χ2n) is 3.04. The van der Waals surface area contributed by atoms with E-state index in [0.29, 0.717) is 5.82 Å². The monoisotopic (exact) mass is 220 g/mol. The predicted molar refractivity (Wildman–Crippen MR) is 58.0 cm³/mol. The molecule has 1 aromatic carbocycles. The maximum Gasteiger partial charge on any atom is 0.175 e. The summed E-state index contributed by atoms with van der Waals surface area (Å²) in [5.74, 6) is -0.252. The fourth-order valence-electron chi connectivity index (χ4n) is 1.09. The van der Waals surface area contributed by atoms with E-state index in [1.807, 2.05) is 0 Å². The molecule has 0 aliphatic carbocycles. The van der Waals surface area contributed by atoms with Crippen molar-refractivity contribution in [2.24, 2.45) is 10.2 Å². The summed E-state index contributed by atoms with van der Waals surface area (Å²) in [5.41, 5.74) is 10.9. The zero-order chi connectivity index (χ0) is 11.5. The number of halogens is 1. The Balaban J connectivity index is 2.32. The number of azo groups is 1. The number of aromatic nitrogens is 2. The zero-order valence-electron chi connectivity index (χ0n) is 8.18. The van der Waals surface area contributed by atoms with Gasteiger partial charge in [-0.2, -0.15) is 5.10 Å². The molecule has 0 bridgehead atoms. The van der Waals surface area contributed by atoms with Gasteiger partial charge in [0.1, 0.15) is 5.69 Å². The standard InChI is InChI=1S/C9H9FN6/c10-8-6(2-1-5(11)9(8)12)14-16-7-3-4-13-15-7/h1-4H,11-12H2,(H,13,15). The highest BCUT2D eigenvalue weighted by Crippen LogP contribution is 2.28. The maximum atomic E-state index is 13.5. The summed E-state index contributed by atoms with van der Waals surface area (Å²) in [6.07, 6.45) is 1.52. The molecule has 16 heavy (non-hydrogen) atoms. The fourth-order valence-corrected chi connectivity index (χ4v) is 1.09. The molecule has 0 saturated heterocycles. The lowest BCUT2D eigenvalue weighted by Crippen LogP contribution is -1.97. The van der Waals surface area contributed by atoms with Crippen molar-refractivity contribution in [1.82, 2.24) is 10.2 Å². The second kappa shape index (κ2) is 3.97. The SMILES string of the molecule is Nc1ccc(N=Nc2ccn[nH]2)c(F)c1N. The van der Waals surface area contributed by atoms with Gasteiger partial charge in [-0.1, -0.05) is 0 Å². The molecule has 0 aliphatic rings. The number of nitrogens with zero attached hydrogens (tertiary/aromatic N) is 3. The topological polar surface area (TPSA) is 105 Å². The molecule has 6 nitrogen and oxygen atoms in total. The summed E-state index contributed by atoms with van der Waals surface area (Å²) in [6.45, 7) is 0. The van der Waals surface area contributed by atoms with Crippen LogP contribution in [0, 0.1) is 5.82 Å². The number of hydrogen-bond donors (Lipinski definition) is 3. The minimum Gasteiger partial charge on any atom is -0.397 e. The Labute approximate surface area is 90.2 Å². The molecule has 0 fully saturated rings. The molecule has 1 heterocycles. The van der Waals surface area contributed by atoms with Gasteiger partial charge in [0.2, 0.25) is 0 Å². The van der Waals surface area contributed by atoms with E-state index in [0.717, 1.165) is 0 Å². The van der Waals surface area contributed by atoms with Gasteiger partial charge in [0.25, 0.3) is 0 Å². The number of rotatable bonds is 2. The van der Waals surface area contributed by atoms with E-state index in [1.165, 1.54) is 18.3 Å². The Bertz CT molecular complexity index is 519. The van der Waals surface area contributed by atoms with Crippen molar-refractivity contribution in [1.29, 1.82) is 0 Å². The van der Waals surface area contributed by atoms with E-state index in [9.17, 15) is 4.39 Å². The first-order valence-electron chi connectivity index (χ1n) is 4.43. The molecule has 7 heteroatoms. The van der Waals surface area contributed by atoms with Gasteiger partial charge in [0.15, 0.2) is 11.6 Å². The summed E-state index contributed by atoms with van der Waals surface area (Å²) >= 11 is 0. The average molecular weight is 220 g/mol. The molecule has 0 aliphatic heterocycles. The van der Waals surface area contributed by atoms with E-state index in [-0.39, 0.29) is 17.1 Å². The number of nitrogen functional groups attached to an aromatic ring is 2. The second-order valence-corrected chi connectivity index (χ2v) is 3.04. The van der Waals surface area contributed by atoms with E-state index < -0.39 is 5.82 Å². The van der Waals surface area contributed by atoms with E-state index in [1.54, 1.807) is 6.07 Å². The van der Waals surface area contributed by atoms with Crippen molar-refractivity contribution >= 4 is 22.9 Å². The van der Waals surface area contributed by atoms with Crippen molar-refractivity contribution < 1.29 is 4.39 Å². The van der Waals surface area contributed by atoms with Crippen molar-refractivity contribution in [2.75, 3.05) is 11.5 Å². The normalized spacial score (nSPS) is 11.1. The first kappa shape index (κ1) is 10.1. The van der Waals surface area contributed by atoms with Gasteiger partial charge in [0, 0.05) is 6.07 Å². The van der Waals surface area contributed by atoms with Crippen LogP contribution in [0.5, 0.6) is 0 Å². The van der Waals surface area contributed by atoms with Gasteiger partial charge in [-0.15, -0.1) is 10.2 Å². The molecule has 2 aromatic rings. The third kappa shape index (κ3) is 1.83. The Morgan fingerprint density at radius 2 is 2.00 bits per heavy atom. The number of anilines is 2. The highest BCUT2D eigenvalue weighted by molar-refractivity contribution is 5.69. The molecule has 5 N–H and O–H groups in total. The molecule has 0 saturated carbocycles. The van der Waals surface area contributed by atoms with Crippen molar-refractivity contribution in [3.05, 3.63) is 30.2 Å². The van der Waals surface area contributed by atoms with Gasteiger partial charge >= 0.3 is 0 Å². The summed E-state index contributed by atoms with van der Waals surface area (Å²) in [7, 11) is 0. The van der Waals surface area contributed by atoms with Crippen LogP contribution < -0.4 is 11.5 Å². The molecule has 0 amide bonds. The number of aromatic amines is 1. The molecule has 1 aromatic heterocycles. The number of hydrogen-bond acceptors (Lipinski definition) is 5. The summed E-state index contributed by atoms with van der Waals surface area (Å²) in [5, 5.41) is 13.7. The van der Waals surface area contributed by atoms with Crippen LogP contribution in [-0.2, 0) is 0 Å². The molecule has 82 valence electrons. The third-order valence-electron chi connectivity index (χ3n) is 1.94. The highest BCUT2D eigenvalue weighted by atomic mass is 19.1. The van der Waals surface area contributed by atoms with Crippen LogP contribution in [-0.4, -0.2) is 10.2 Å². The van der Waals surface area contributed by atoms with Crippen LogP contribution in [0.4, 0.5) is 27.3 Å². The van der Waals surface area contributed by atoms with E-state index in [2.05, 4.69) is 20.4 Å². The average Bonchev–Trinajstić information content (AvgIpc) is 2.78. The van der Waals surface area contributed by atoms with Gasteiger partial charge in [-0.25, -0.2) is 4.39 Å². The van der Waals surface area contributed by atoms with Gasteiger partial charge < -0.3 is 11.5 Å². The Kier molecular flexibility index (Phi) is 2.50. The lowest BCUT2D eigenvalue weighted by molar-refractivity contribution is 0.633. The summed E-state index contributed by atoms with van der Waals surface area (Å²) < 4.78 is 13.5. The number of nitrogens with one attached hydrogen (secondary N) is 1. The van der Waals surface area contributed by atoms with Crippen molar-refractivity contribution in [2.45, 2.75) is 0 Å². The number of H-pyrrole nitrogens is 1. The molecule has 2 rings (SSSR count). The van der Waals surface area contributed by atoms with Crippen LogP contribution >= 0.6 is 0 Å². The van der Waals surface area contributed by atoms with Gasteiger partial charge in [-0.3, -0.25) is 5.10 Å².